The Morgan fingerprint density at radius 3 is 2.32 bits per heavy atom. The second-order valence-corrected chi connectivity index (χ2v) is 14.9. The van der Waals surface area contributed by atoms with Gasteiger partial charge in [-0.1, -0.05) is 57.0 Å². The van der Waals surface area contributed by atoms with E-state index >= 15 is 0 Å². The summed E-state index contributed by atoms with van der Waals surface area (Å²) in [5.41, 5.74) is 17.8. The summed E-state index contributed by atoms with van der Waals surface area (Å²) in [5, 5.41) is 15.4. The molecule has 3 atom stereocenters. The third-order valence-electron chi connectivity index (χ3n) is 10.4. The molecule has 3 aromatic carbocycles. The predicted molar refractivity (Wildman–Crippen MR) is 221 cm³/mol. The first kappa shape index (κ1) is 44.6. The molecule has 0 aliphatic carbocycles. The number of hydrogen-bond donors (Lipinski definition) is 4. The van der Waals surface area contributed by atoms with E-state index in [1.807, 2.05) is 24.3 Å². The van der Waals surface area contributed by atoms with Crippen molar-refractivity contribution < 1.29 is 28.7 Å². The van der Waals surface area contributed by atoms with Crippen LogP contribution in [0, 0.1) is 24.2 Å². The van der Waals surface area contributed by atoms with Crippen LogP contribution in [-0.4, -0.2) is 74.2 Å². The first-order chi connectivity index (χ1) is 27.5. The van der Waals surface area contributed by atoms with E-state index in [1.54, 1.807) is 32.2 Å². The molecule has 306 valence electrons. The van der Waals surface area contributed by atoms with E-state index in [4.69, 9.17) is 20.9 Å². The minimum atomic E-state index is -1.04. The molecule has 0 saturated heterocycles. The van der Waals surface area contributed by atoms with Crippen molar-refractivity contribution in [3.63, 3.8) is 0 Å². The number of carbonyl (C=O) groups is 4. The lowest BCUT2D eigenvalue weighted by atomic mass is 9.89. The number of ketones is 2. The summed E-state index contributed by atoms with van der Waals surface area (Å²) in [7, 11) is 1.61. The van der Waals surface area contributed by atoms with E-state index in [2.05, 4.69) is 42.7 Å². The highest BCUT2D eigenvalue weighted by atomic mass is 16.5. The van der Waals surface area contributed by atoms with Gasteiger partial charge in [-0.15, -0.1) is 0 Å². The smallest absolute Gasteiger partial charge is 0.224 e. The molecule has 2 amide bonds. The van der Waals surface area contributed by atoms with Crippen molar-refractivity contribution in [2.24, 2.45) is 17.4 Å². The summed E-state index contributed by atoms with van der Waals surface area (Å²) < 4.78 is 12.2. The second-order valence-electron chi connectivity index (χ2n) is 14.9. The van der Waals surface area contributed by atoms with Crippen LogP contribution >= 0.6 is 0 Å². The van der Waals surface area contributed by atoms with Crippen molar-refractivity contribution in [1.29, 1.82) is 5.26 Å². The number of fused-ring (bicyclic) bond motifs is 5. The average Bonchev–Trinajstić information content (AvgIpc) is 3.20. The summed E-state index contributed by atoms with van der Waals surface area (Å²) in [6.07, 6.45) is 4.73. The Bertz CT molecular complexity index is 1890. The average molecular weight is 781 g/mol. The maximum Gasteiger partial charge on any atom is 0.224 e. The van der Waals surface area contributed by atoms with Crippen LogP contribution in [0.4, 0.5) is 0 Å². The van der Waals surface area contributed by atoms with Crippen molar-refractivity contribution in [3.8, 4) is 28.7 Å². The predicted octanol–water partition coefficient (Wildman–Crippen LogP) is 5.26. The molecule has 4 rings (SSSR count). The number of rotatable bonds is 19. The van der Waals surface area contributed by atoms with Gasteiger partial charge in [-0.25, -0.2) is 0 Å². The maximum absolute atomic E-state index is 14.4. The van der Waals surface area contributed by atoms with Gasteiger partial charge < -0.3 is 36.5 Å². The Balaban J connectivity index is 1.69. The van der Waals surface area contributed by atoms with Crippen molar-refractivity contribution in [2.75, 3.05) is 39.9 Å². The van der Waals surface area contributed by atoms with Gasteiger partial charge in [0.05, 0.1) is 12.1 Å². The van der Waals surface area contributed by atoms with E-state index < -0.39 is 23.9 Å². The number of amides is 2. The zero-order valence-corrected chi connectivity index (χ0v) is 34.0. The lowest BCUT2D eigenvalue weighted by Gasteiger charge is -2.30. The van der Waals surface area contributed by atoms with E-state index in [1.165, 1.54) is 40.9 Å². The topological polar surface area (TPSA) is 190 Å². The maximum atomic E-state index is 14.4. The first-order valence-electron chi connectivity index (χ1n) is 20.2. The number of unbranched alkanes of at least 4 members (excludes halogenated alkanes) is 2. The van der Waals surface area contributed by atoms with Gasteiger partial charge in [0.25, 0.3) is 0 Å². The van der Waals surface area contributed by atoms with Crippen LogP contribution in [0.5, 0.6) is 11.5 Å². The monoisotopic (exact) mass is 780 g/mol. The van der Waals surface area contributed by atoms with Crippen molar-refractivity contribution in [2.45, 2.75) is 97.2 Å². The molecular weight excluding hydrogens is 721 g/mol. The molecule has 1 aliphatic rings. The number of likely N-dealkylation sites (N-methyl/N-ethyl adjacent to an activating group) is 1. The zero-order chi connectivity index (χ0) is 41.3. The molecule has 0 spiro atoms. The Labute approximate surface area is 337 Å². The van der Waals surface area contributed by atoms with Gasteiger partial charge in [-0.3, -0.25) is 19.2 Å². The van der Waals surface area contributed by atoms with Crippen LogP contribution < -0.4 is 31.6 Å². The highest BCUT2D eigenvalue weighted by Gasteiger charge is 2.33. The summed E-state index contributed by atoms with van der Waals surface area (Å²) in [4.78, 5) is 56.7. The Morgan fingerprint density at radius 1 is 0.947 bits per heavy atom. The molecule has 1 heterocycles. The van der Waals surface area contributed by atoms with Crippen LogP contribution in [0.15, 0.2) is 54.6 Å². The molecule has 0 fully saturated rings. The highest BCUT2D eigenvalue weighted by molar-refractivity contribution is 5.95. The van der Waals surface area contributed by atoms with Crippen molar-refractivity contribution in [1.82, 2.24) is 15.5 Å². The Morgan fingerprint density at radius 2 is 1.65 bits per heavy atom. The number of Topliss-reactive ketones (excluding diaryl/α,β-unsaturated/α-hetero) is 2. The number of nitriles is 1. The molecule has 1 aliphatic heterocycles. The van der Waals surface area contributed by atoms with Crippen molar-refractivity contribution >= 4 is 23.4 Å². The second kappa shape index (κ2) is 22.6. The quantitative estimate of drug-likeness (QED) is 0.117. The SMILES string of the molecule is CCCCCc1ccc(CNCCC(=O)N(C)[C@@H]2C(=O)C[C@@H](C)C(=O)N[C@H](C(=O)CCC#N)Cc3ccc(OCCN)c(c3)-c3cc2ccc3OCCN)c(C)c1. The number of hydrogen-bond acceptors (Lipinski definition) is 10. The fraction of sp³-hybridized carbons (Fsp3) is 0.489. The van der Waals surface area contributed by atoms with Crippen LogP contribution in [0.2, 0.25) is 0 Å². The third kappa shape index (κ3) is 12.7. The van der Waals surface area contributed by atoms with E-state index in [0.717, 1.165) is 12.0 Å². The summed E-state index contributed by atoms with van der Waals surface area (Å²) in [6.45, 7) is 7.92. The lowest BCUT2D eigenvalue weighted by Crippen LogP contribution is -2.45. The molecule has 12 nitrogen and oxygen atoms in total. The van der Waals surface area contributed by atoms with E-state index in [9.17, 15) is 24.4 Å². The molecule has 0 unspecified atom stereocenters. The number of nitrogens with two attached hydrogens (primary N) is 2. The molecule has 0 radical (unpaired) electrons. The zero-order valence-electron chi connectivity index (χ0n) is 34.0. The minimum absolute atomic E-state index is 0.00842. The van der Waals surface area contributed by atoms with Gasteiger partial charge >= 0.3 is 0 Å². The summed E-state index contributed by atoms with van der Waals surface area (Å²) in [5.74, 6) is -1.17. The number of carbonyl (C=O) groups excluding carboxylic acids is 4. The molecule has 0 aromatic heterocycles. The Kier molecular flexibility index (Phi) is 17.7. The third-order valence-corrected chi connectivity index (χ3v) is 10.4. The van der Waals surface area contributed by atoms with Gasteiger partial charge in [0.1, 0.15) is 30.8 Å². The molecule has 57 heavy (non-hydrogen) atoms. The molecule has 4 bridgehead atoms. The molecule has 0 saturated carbocycles. The molecular formula is C45H60N6O6. The van der Waals surface area contributed by atoms with Gasteiger partial charge in [0.15, 0.2) is 11.6 Å². The normalized spacial score (nSPS) is 16.9. The number of ether oxygens (including phenoxy) is 2. The highest BCUT2D eigenvalue weighted by Crippen LogP contribution is 2.40. The molecule has 3 aromatic rings. The van der Waals surface area contributed by atoms with E-state index in [0.29, 0.717) is 41.3 Å². The first-order valence-corrected chi connectivity index (χ1v) is 20.2. The fourth-order valence-electron chi connectivity index (χ4n) is 7.14. The van der Waals surface area contributed by atoms with Crippen LogP contribution in [0.3, 0.4) is 0 Å². The van der Waals surface area contributed by atoms with Gasteiger partial charge in [0, 0.05) is 76.0 Å². The van der Waals surface area contributed by atoms with Crippen LogP contribution in [-0.2, 0) is 38.6 Å². The van der Waals surface area contributed by atoms with Crippen LogP contribution in [0.1, 0.15) is 92.7 Å². The number of benzene rings is 3. The molecule has 12 heteroatoms. The summed E-state index contributed by atoms with van der Waals surface area (Å²) >= 11 is 0. The van der Waals surface area contributed by atoms with E-state index in [-0.39, 0.29) is 75.9 Å². The lowest BCUT2D eigenvalue weighted by molar-refractivity contribution is -0.139. The van der Waals surface area contributed by atoms with Gasteiger partial charge in [-0.05, 0) is 78.3 Å². The molecule has 6 N–H and O–H groups in total. The fourth-order valence-corrected chi connectivity index (χ4v) is 7.14. The number of nitrogens with zero attached hydrogens (tertiary/aromatic N) is 2. The number of aryl methyl sites for hydroxylation is 2. The standard InChI is InChI=1S/C45H60N6O6/c1-5-6-7-9-32-11-13-35(30(2)24-32)29-49-21-17-43(54)51(4)44-34-14-16-42(57-23-20-48)37(28-34)36-26-33(12-15-41(36)56-22-19-47)27-38(39(52)10-8-18-46)50-45(55)31(3)25-40(44)53/h11-16,24,26,28,31,38,44,49H,5-10,17,19-23,25,27,29,47-48H2,1-4H3,(H,50,55)/t31-,38+,44+/m1/s1. The van der Waals surface area contributed by atoms with Crippen LogP contribution in [0.25, 0.3) is 11.1 Å². The summed E-state index contributed by atoms with van der Waals surface area (Å²) in [6, 6.07) is 17.4. The minimum Gasteiger partial charge on any atom is -0.492 e. The number of nitrogens with one attached hydrogen (secondary N) is 2. The van der Waals surface area contributed by atoms with Gasteiger partial charge in [-0.2, -0.15) is 5.26 Å². The van der Waals surface area contributed by atoms with Crippen molar-refractivity contribution in [3.05, 3.63) is 82.4 Å². The largest absolute Gasteiger partial charge is 0.492 e. The van der Waals surface area contributed by atoms with Gasteiger partial charge in [0.2, 0.25) is 11.8 Å². The Hall–Kier alpha value is -5.09.